The van der Waals surface area contributed by atoms with E-state index in [-0.39, 0.29) is 11.8 Å². The van der Waals surface area contributed by atoms with Gasteiger partial charge in [-0.05, 0) is 25.3 Å². The van der Waals surface area contributed by atoms with E-state index in [0.29, 0.717) is 38.8 Å². The fourth-order valence-electron chi connectivity index (χ4n) is 2.78. The Morgan fingerprint density at radius 2 is 1.74 bits per heavy atom. The van der Waals surface area contributed by atoms with Crippen molar-refractivity contribution in [2.24, 2.45) is 17.6 Å². The molecular formula is C14H28N2O3. The van der Waals surface area contributed by atoms with Gasteiger partial charge in [0.15, 0.2) is 0 Å². The van der Waals surface area contributed by atoms with Gasteiger partial charge in [-0.2, -0.15) is 0 Å². The number of methoxy groups -OCH3 is 2. The monoisotopic (exact) mass is 272 g/mol. The Morgan fingerprint density at radius 3 is 2.26 bits per heavy atom. The van der Waals surface area contributed by atoms with Gasteiger partial charge in [-0.3, -0.25) is 4.79 Å². The molecule has 0 aliphatic heterocycles. The van der Waals surface area contributed by atoms with Crippen LogP contribution in [0.15, 0.2) is 0 Å². The van der Waals surface area contributed by atoms with Gasteiger partial charge in [0.1, 0.15) is 0 Å². The summed E-state index contributed by atoms with van der Waals surface area (Å²) in [5.74, 6) is 0.658. The molecule has 0 spiro atoms. The molecule has 0 heterocycles. The average Bonchev–Trinajstić information content (AvgIpc) is 2.46. The summed E-state index contributed by atoms with van der Waals surface area (Å²) in [5, 5.41) is 0. The first-order chi connectivity index (χ1) is 9.24. The largest absolute Gasteiger partial charge is 0.383 e. The highest BCUT2D eigenvalue weighted by molar-refractivity contribution is 5.79. The van der Waals surface area contributed by atoms with Crippen molar-refractivity contribution in [3.8, 4) is 0 Å². The maximum atomic E-state index is 12.6. The second kappa shape index (κ2) is 9.28. The van der Waals surface area contributed by atoms with Crippen LogP contribution in [0.1, 0.15) is 25.7 Å². The quantitative estimate of drug-likeness (QED) is 0.712. The Kier molecular flexibility index (Phi) is 8.02. The highest BCUT2D eigenvalue weighted by Gasteiger charge is 2.32. The highest BCUT2D eigenvalue weighted by Crippen LogP contribution is 2.30. The Balaban J connectivity index is 2.61. The van der Waals surface area contributed by atoms with Gasteiger partial charge < -0.3 is 20.1 Å². The number of amides is 1. The molecule has 0 radical (unpaired) electrons. The number of hydrogen-bond donors (Lipinski definition) is 1. The summed E-state index contributed by atoms with van der Waals surface area (Å²) in [5.41, 5.74) is 5.81. The molecule has 1 aliphatic carbocycles. The van der Waals surface area contributed by atoms with Gasteiger partial charge in [-0.25, -0.2) is 0 Å². The van der Waals surface area contributed by atoms with Crippen LogP contribution in [0.2, 0.25) is 0 Å². The number of rotatable bonds is 8. The van der Waals surface area contributed by atoms with Gasteiger partial charge in [0.25, 0.3) is 0 Å². The summed E-state index contributed by atoms with van der Waals surface area (Å²) in [6.07, 6.45) is 4.38. The van der Waals surface area contributed by atoms with E-state index in [1.807, 2.05) is 4.90 Å². The first-order valence-electron chi connectivity index (χ1n) is 7.21. The molecule has 1 saturated carbocycles. The second-order valence-corrected chi connectivity index (χ2v) is 5.20. The van der Waals surface area contributed by atoms with E-state index in [4.69, 9.17) is 15.2 Å². The Morgan fingerprint density at radius 1 is 1.16 bits per heavy atom. The smallest absolute Gasteiger partial charge is 0.226 e. The second-order valence-electron chi connectivity index (χ2n) is 5.20. The summed E-state index contributed by atoms with van der Waals surface area (Å²) in [6.45, 7) is 3.00. The number of nitrogens with two attached hydrogens (primary N) is 1. The minimum absolute atomic E-state index is 0.0902. The molecule has 0 aromatic rings. The van der Waals surface area contributed by atoms with Gasteiger partial charge in [-0.1, -0.05) is 12.8 Å². The highest BCUT2D eigenvalue weighted by atomic mass is 16.5. The first-order valence-corrected chi connectivity index (χ1v) is 7.21. The SMILES string of the molecule is COCCN(CCOC)C(=O)C1CCCCC1CN. The first kappa shape index (κ1) is 16.4. The molecule has 0 saturated heterocycles. The average molecular weight is 272 g/mol. The topological polar surface area (TPSA) is 64.8 Å². The summed E-state index contributed by atoms with van der Waals surface area (Å²) in [4.78, 5) is 14.5. The molecule has 1 fully saturated rings. The molecule has 1 aliphatic rings. The maximum absolute atomic E-state index is 12.6. The Labute approximate surface area is 116 Å². The predicted molar refractivity (Wildman–Crippen MR) is 74.8 cm³/mol. The number of nitrogens with zero attached hydrogens (tertiary/aromatic N) is 1. The molecule has 112 valence electrons. The van der Waals surface area contributed by atoms with Crippen molar-refractivity contribution in [3.05, 3.63) is 0 Å². The van der Waals surface area contributed by atoms with Gasteiger partial charge >= 0.3 is 0 Å². The summed E-state index contributed by atoms with van der Waals surface area (Å²) < 4.78 is 10.2. The molecule has 1 rings (SSSR count). The minimum Gasteiger partial charge on any atom is -0.383 e. The van der Waals surface area contributed by atoms with Crippen LogP contribution in [0.3, 0.4) is 0 Å². The molecule has 19 heavy (non-hydrogen) atoms. The third-order valence-electron chi connectivity index (χ3n) is 3.97. The number of hydrogen-bond acceptors (Lipinski definition) is 4. The van der Waals surface area contributed by atoms with Crippen molar-refractivity contribution in [1.82, 2.24) is 4.90 Å². The van der Waals surface area contributed by atoms with E-state index in [1.54, 1.807) is 14.2 Å². The molecule has 0 bridgehead atoms. The van der Waals surface area contributed by atoms with E-state index in [1.165, 1.54) is 6.42 Å². The molecule has 2 unspecified atom stereocenters. The summed E-state index contributed by atoms with van der Waals surface area (Å²) in [6, 6.07) is 0. The van der Waals surface area contributed by atoms with E-state index < -0.39 is 0 Å². The van der Waals surface area contributed by atoms with Crippen molar-refractivity contribution in [2.45, 2.75) is 25.7 Å². The zero-order valence-corrected chi connectivity index (χ0v) is 12.3. The van der Waals surface area contributed by atoms with Crippen LogP contribution in [0.25, 0.3) is 0 Å². The fourth-order valence-corrected chi connectivity index (χ4v) is 2.78. The van der Waals surface area contributed by atoms with E-state index in [9.17, 15) is 4.79 Å². The van der Waals surface area contributed by atoms with Gasteiger partial charge in [0, 0.05) is 33.2 Å². The maximum Gasteiger partial charge on any atom is 0.226 e. The lowest BCUT2D eigenvalue weighted by Gasteiger charge is -2.34. The van der Waals surface area contributed by atoms with Crippen molar-refractivity contribution in [2.75, 3.05) is 47.1 Å². The van der Waals surface area contributed by atoms with Crippen molar-refractivity contribution in [1.29, 1.82) is 0 Å². The lowest BCUT2D eigenvalue weighted by molar-refractivity contribution is -0.139. The van der Waals surface area contributed by atoms with Crippen LogP contribution in [0.5, 0.6) is 0 Å². The molecule has 5 nitrogen and oxygen atoms in total. The zero-order valence-electron chi connectivity index (χ0n) is 12.3. The van der Waals surface area contributed by atoms with Gasteiger partial charge in [0.05, 0.1) is 13.2 Å². The van der Waals surface area contributed by atoms with Gasteiger partial charge in [0.2, 0.25) is 5.91 Å². The van der Waals surface area contributed by atoms with Crippen molar-refractivity contribution in [3.63, 3.8) is 0 Å². The van der Waals surface area contributed by atoms with E-state index in [2.05, 4.69) is 0 Å². The van der Waals surface area contributed by atoms with Crippen LogP contribution in [-0.4, -0.2) is 57.9 Å². The van der Waals surface area contributed by atoms with Crippen LogP contribution in [0.4, 0.5) is 0 Å². The molecule has 2 atom stereocenters. The Hall–Kier alpha value is -0.650. The van der Waals surface area contributed by atoms with E-state index in [0.717, 1.165) is 19.3 Å². The van der Waals surface area contributed by atoms with Crippen molar-refractivity contribution < 1.29 is 14.3 Å². The third kappa shape index (κ3) is 5.09. The predicted octanol–water partition coefficient (Wildman–Crippen LogP) is 0.873. The number of carbonyl (C=O) groups excluding carboxylic acids is 1. The standard InChI is InChI=1S/C14H28N2O3/c1-18-9-7-16(8-10-19-2)14(17)13-6-4-3-5-12(13)11-15/h12-13H,3-11,15H2,1-2H3. The zero-order chi connectivity index (χ0) is 14.1. The molecule has 1 amide bonds. The lowest BCUT2D eigenvalue weighted by Crippen LogP contribution is -2.44. The van der Waals surface area contributed by atoms with Crippen LogP contribution in [0, 0.1) is 11.8 Å². The summed E-state index contributed by atoms with van der Waals surface area (Å²) >= 11 is 0. The molecule has 0 aromatic carbocycles. The fraction of sp³-hybridized carbons (Fsp3) is 0.929. The minimum atomic E-state index is 0.0902. The van der Waals surface area contributed by atoms with Crippen LogP contribution < -0.4 is 5.73 Å². The molecule has 0 aromatic heterocycles. The normalized spacial score (nSPS) is 23.3. The van der Waals surface area contributed by atoms with E-state index >= 15 is 0 Å². The van der Waals surface area contributed by atoms with Gasteiger partial charge in [-0.15, -0.1) is 0 Å². The molecule has 5 heteroatoms. The Bertz CT molecular complexity index is 253. The third-order valence-corrected chi connectivity index (χ3v) is 3.97. The summed E-state index contributed by atoms with van der Waals surface area (Å²) in [7, 11) is 3.31. The van der Waals surface area contributed by atoms with Crippen molar-refractivity contribution >= 4 is 5.91 Å². The van der Waals surface area contributed by atoms with Crippen LogP contribution in [-0.2, 0) is 14.3 Å². The molecule has 2 N–H and O–H groups in total. The lowest BCUT2D eigenvalue weighted by atomic mass is 9.78. The molecular weight excluding hydrogens is 244 g/mol. The number of ether oxygens (including phenoxy) is 2. The van der Waals surface area contributed by atoms with Crippen LogP contribution >= 0.6 is 0 Å². The number of carbonyl (C=O) groups is 1.